The van der Waals surface area contributed by atoms with Gasteiger partial charge in [0.1, 0.15) is 11.9 Å². The number of likely N-dealkylation sites (tertiary alicyclic amines) is 1. The number of pyridine rings is 1. The van der Waals surface area contributed by atoms with Crippen LogP contribution in [0.2, 0.25) is 0 Å². The lowest BCUT2D eigenvalue weighted by Gasteiger charge is -2.37. The lowest BCUT2D eigenvalue weighted by Crippen LogP contribution is -2.44. The number of hydrogen-bond acceptors (Lipinski definition) is 5. The number of fused-ring (bicyclic) bond motifs is 1. The van der Waals surface area contributed by atoms with Crippen LogP contribution in [0.3, 0.4) is 0 Å². The first-order valence-electron chi connectivity index (χ1n) is 12.2. The van der Waals surface area contributed by atoms with Crippen molar-refractivity contribution in [3.63, 3.8) is 0 Å². The molecule has 1 aromatic carbocycles. The van der Waals surface area contributed by atoms with E-state index in [0.717, 1.165) is 41.4 Å². The van der Waals surface area contributed by atoms with Gasteiger partial charge in [0.15, 0.2) is 0 Å². The monoisotopic (exact) mass is 474 g/mol. The zero-order chi connectivity index (χ0) is 23.2. The second kappa shape index (κ2) is 11.5. The molecule has 5 nitrogen and oxygen atoms in total. The summed E-state index contributed by atoms with van der Waals surface area (Å²) in [5, 5.41) is 11.4. The van der Waals surface area contributed by atoms with Crippen molar-refractivity contribution >= 4 is 28.6 Å². The van der Waals surface area contributed by atoms with E-state index in [-0.39, 0.29) is 5.92 Å². The second-order valence-electron chi connectivity index (χ2n) is 9.40. The molecular weight excluding hydrogens is 439 g/mol. The van der Waals surface area contributed by atoms with Gasteiger partial charge >= 0.3 is 5.97 Å². The van der Waals surface area contributed by atoms with Gasteiger partial charge < -0.3 is 14.7 Å². The molecule has 2 heterocycles. The highest BCUT2D eigenvalue weighted by atomic mass is 32.2. The third-order valence-electron chi connectivity index (χ3n) is 7.33. The van der Waals surface area contributed by atoms with Crippen molar-refractivity contribution in [1.82, 2.24) is 9.88 Å². The number of aliphatic carboxylic acids is 1. The van der Waals surface area contributed by atoms with Gasteiger partial charge in [-0.15, -0.1) is 0 Å². The van der Waals surface area contributed by atoms with E-state index in [9.17, 15) is 9.90 Å². The van der Waals surface area contributed by atoms with Crippen molar-refractivity contribution < 1.29 is 19.0 Å². The molecule has 33 heavy (non-hydrogen) atoms. The Bertz CT molecular complexity index is 937. The lowest BCUT2D eigenvalue weighted by molar-refractivity contribution is -0.146. The number of carboxylic acids is 1. The van der Waals surface area contributed by atoms with E-state index in [1.54, 1.807) is 19.4 Å². The summed E-state index contributed by atoms with van der Waals surface area (Å²) in [4.78, 5) is 18.6. The van der Waals surface area contributed by atoms with Crippen molar-refractivity contribution in [1.29, 1.82) is 0 Å². The highest BCUT2D eigenvalue weighted by Crippen LogP contribution is 2.36. The number of carboxylic acid groups (broad SMARTS) is 1. The predicted octanol–water partition coefficient (Wildman–Crippen LogP) is 5.73. The number of thioether (sulfide) groups is 1. The molecule has 2 aromatic rings. The molecule has 1 aromatic heterocycles. The number of rotatable bonds is 10. The van der Waals surface area contributed by atoms with Gasteiger partial charge in [-0.25, -0.2) is 4.39 Å². The molecule has 0 radical (unpaired) electrons. The first-order valence-corrected chi connectivity index (χ1v) is 13.2. The summed E-state index contributed by atoms with van der Waals surface area (Å²) in [6.07, 6.45) is 7.56. The van der Waals surface area contributed by atoms with Gasteiger partial charge in [0.05, 0.1) is 18.5 Å². The Hall–Kier alpha value is -1.86. The topological polar surface area (TPSA) is 62.7 Å². The van der Waals surface area contributed by atoms with Crippen LogP contribution < -0.4 is 4.74 Å². The average molecular weight is 475 g/mol. The Balaban J connectivity index is 1.33. The normalized spacial score (nSPS) is 23.1. The van der Waals surface area contributed by atoms with Crippen molar-refractivity contribution in [3.05, 3.63) is 36.0 Å². The standard InChI is InChI=1S/C26H35FN2O3S/c1-32-19-7-9-25-22(16-19)21(10-12-28-25)24(27)8-6-18-11-13-29(17-23(18)26(30)31)14-15-33-20-4-2-3-5-20/h7,9-10,12,16,18,20,23-24H,2-6,8,11,13-15,17H2,1H3,(H,30,31)/t18-,23+,24?/m1/s1. The van der Waals surface area contributed by atoms with Crippen molar-refractivity contribution in [2.24, 2.45) is 11.8 Å². The summed E-state index contributed by atoms with van der Waals surface area (Å²) < 4.78 is 20.6. The molecule has 1 unspecified atom stereocenters. The quantitative estimate of drug-likeness (QED) is 0.474. The highest BCUT2D eigenvalue weighted by Gasteiger charge is 2.34. The van der Waals surface area contributed by atoms with Crippen LogP contribution >= 0.6 is 11.8 Å². The summed E-state index contributed by atoms with van der Waals surface area (Å²) in [6.45, 7) is 2.44. The molecule has 1 saturated heterocycles. The van der Waals surface area contributed by atoms with E-state index < -0.39 is 18.1 Å². The van der Waals surface area contributed by atoms with Crippen molar-refractivity contribution in [3.8, 4) is 5.75 Å². The lowest BCUT2D eigenvalue weighted by atomic mass is 9.81. The van der Waals surface area contributed by atoms with Crippen LogP contribution in [0.4, 0.5) is 4.39 Å². The molecule has 7 heteroatoms. The maximum Gasteiger partial charge on any atom is 0.308 e. The van der Waals surface area contributed by atoms with Gasteiger partial charge in [0, 0.05) is 35.7 Å². The molecule has 1 N–H and O–H groups in total. The fourth-order valence-corrected chi connectivity index (χ4v) is 6.73. The van der Waals surface area contributed by atoms with E-state index in [4.69, 9.17) is 4.74 Å². The molecule has 4 rings (SSSR count). The number of ether oxygens (including phenoxy) is 1. The molecule has 0 spiro atoms. The molecular formula is C26H35FN2O3S. The van der Waals surface area contributed by atoms with E-state index in [1.807, 2.05) is 18.2 Å². The minimum atomic E-state index is -1.15. The van der Waals surface area contributed by atoms with Crippen LogP contribution in [0.5, 0.6) is 5.75 Å². The third kappa shape index (κ3) is 6.18. The molecule has 3 atom stereocenters. The van der Waals surface area contributed by atoms with Crippen LogP contribution in [0, 0.1) is 11.8 Å². The van der Waals surface area contributed by atoms with Gasteiger partial charge in [-0.05, 0) is 74.4 Å². The summed E-state index contributed by atoms with van der Waals surface area (Å²) in [6, 6.07) is 7.22. The maximum absolute atomic E-state index is 15.3. The number of alkyl halides is 1. The zero-order valence-corrected chi connectivity index (χ0v) is 20.2. The van der Waals surface area contributed by atoms with Crippen LogP contribution in [-0.4, -0.2) is 58.7 Å². The number of methoxy groups -OCH3 is 1. The summed E-state index contributed by atoms with van der Waals surface area (Å²) in [7, 11) is 1.59. The number of piperidine rings is 1. The van der Waals surface area contributed by atoms with Gasteiger partial charge in [0.25, 0.3) is 0 Å². The van der Waals surface area contributed by atoms with Crippen LogP contribution in [0.15, 0.2) is 30.5 Å². The molecule has 2 fully saturated rings. The summed E-state index contributed by atoms with van der Waals surface area (Å²) in [5.41, 5.74) is 1.34. The maximum atomic E-state index is 15.3. The largest absolute Gasteiger partial charge is 0.497 e. The molecule has 0 bridgehead atoms. The fraction of sp³-hybridized carbons (Fsp3) is 0.615. The van der Waals surface area contributed by atoms with Crippen molar-refractivity contribution in [2.75, 3.05) is 32.5 Å². The first kappa shape index (κ1) is 24.3. The molecule has 1 aliphatic carbocycles. The van der Waals surface area contributed by atoms with E-state index >= 15 is 4.39 Å². The smallest absolute Gasteiger partial charge is 0.308 e. The van der Waals surface area contributed by atoms with Crippen LogP contribution in [0.25, 0.3) is 10.9 Å². The number of hydrogen-bond donors (Lipinski definition) is 1. The van der Waals surface area contributed by atoms with E-state index in [0.29, 0.717) is 30.7 Å². The third-order valence-corrected chi connectivity index (χ3v) is 8.69. The second-order valence-corrected chi connectivity index (χ2v) is 10.8. The number of halogens is 1. The minimum Gasteiger partial charge on any atom is -0.497 e. The van der Waals surface area contributed by atoms with Crippen molar-refractivity contribution in [2.45, 2.75) is 56.4 Å². The minimum absolute atomic E-state index is 0.0159. The van der Waals surface area contributed by atoms with Gasteiger partial charge in [-0.3, -0.25) is 9.78 Å². The first-order chi connectivity index (χ1) is 16.0. The number of carbonyl (C=O) groups is 1. The molecule has 0 amide bonds. The van der Waals surface area contributed by atoms with E-state index in [2.05, 4.69) is 21.6 Å². The van der Waals surface area contributed by atoms with Crippen LogP contribution in [-0.2, 0) is 4.79 Å². The van der Waals surface area contributed by atoms with Gasteiger partial charge in [0.2, 0.25) is 0 Å². The number of nitrogens with zero attached hydrogens (tertiary/aromatic N) is 2. The molecule has 1 saturated carbocycles. The Morgan fingerprint density at radius 2 is 2.12 bits per heavy atom. The number of benzene rings is 1. The zero-order valence-electron chi connectivity index (χ0n) is 19.4. The highest BCUT2D eigenvalue weighted by molar-refractivity contribution is 7.99. The fourth-order valence-electron chi connectivity index (χ4n) is 5.36. The predicted molar refractivity (Wildman–Crippen MR) is 132 cm³/mol. The average Bonchev–Trinajstić information content (AvgIpc) is 3.35. The van der Waals surface area contributed by atoms with Gasteiger partial charge in [-0.1, -0.05) is 12.8 Å². The Morgan fingerprint density at radius 1 is 1.30 bits per heavy atom. The Morgan fingerprint density at radius 3 is 2.88 bits per heavy atom. The Labute approximate surface area is 200 Å². The Kier molecular flexibility index (Phi) is 8.47. The summed E-state index contributed by atoms with van der Waals surface area (Å²) in [5.74, 6) is 0.599. The molecule has 1 aliphatic heterocycles. The molecule has 2 aliphatic rings. The summed E-state index contributed by atoms with van der Waals surface area (Å²) >= 11 is 2.05. The molecule has 180 valence electrons. The van der Waals surface area contributed by atoms with Gasteiger partial charge in [-0.2, -0.15) is 11.8 Å². The SMILES string of the molecule is COc1ccc2nccc(C(F)CC[C@@H]3CCN(CCSC4CCCC4)C[C@@H]3C(=O)O)c2c1. The van der Waals surface area contributed by atoms with E-state index in [1.165, 1.54) is 25.7 Å². The number of aromatic nitrogens is 1. The van der Waals surface area contributed by atoms with Crippen LogP contribution in [0.1, 0.15) is 56.7 Å².